The van der Waals surface area contributed by atoms with Crippen LogP contribution in [-0.4, -0.2) is 21.8 Å². The Kier molecular flexibility index (Phi) is 6.30. The van der Waals surface area contributed by atoms with E-state index >= 15 is 0 Å². The lowest BCUT2D eigenvalue weighted by Crippen LogP contribution is -2.37. The van der Waals surface area contributed by atoms with Gasteiger partial charge in [0, 0.05) is 22.4 Å². The Balaban J connectivity index is 2.39. The molecular weight excluding hydrogens is 410 g/mol. The number of aliphatic hydroxyl groups excluding tert-OH is 1. The van der Waals surface area contributed by atoms with Gasteiger partial charge >= 0.3 is 6.09 Å². The number of rotatable bonds is 4. The van der Waals surface area contributed by atoms with Crippen LogP contribution in [0.1, 0.15) is 44.0 Å². The van der Waals surface area contributed by atoms with Crippen LogP contribution in [0.5, 0.6) is 0 Å². The molecule has 1 aromatic carbocycles. The Morgan fingerprint density at radius 3 is 2.58 bits per heavy atom. The van der Waals surface area contributed by atoms with E-state index < -0.39 is 35.5 Å². The molecule has 0 unspecified atom stereocenters. The zero-order valence-electron chi connectivity index (χ0n) is 14.5. The van der Waals surface area contributed by atoms with Gasteiger partial charge in [-0.1, -0.05) is 0 Å². The van der Waals surface area contributed by atoms with Gasteiger partial charge in [-0.15, -0.1) is 0 Å². The van der Waals surface area contributed by atoms with Gasteiger partial charge in [0.05, 0.1) is 6.04 Å². The van der Waals surface area contributed by atoms with E-state index in [0.29, 0.717) is 10.0 Å². The van der Waals surface area contributed by atoms with E-state index in [1.165, 1.54) is 12.4 Å². The molecular formula is C18H19BrF2N2O3. The molecule has 2 atom stereocenters. The zero-order valence-corrected chi connectivity index (χ0v) is 16.0. The highest BCUT2D eigenvalue weighted by atomic mass is 79.9. The summed E-state index contributed by atoms with van der Waals surface area (Å²) in [4.78, 5) is 16.2. The summed E-state index contributed by atoms with van der Waals surface area (Å²) >= 11 is 3.25. The van der Waals surface area contributed by atoms with Crippen molar-refractivity contribution in [3.63, 3.8) is 0 Å². The third-order valence-electron chi connectivity index (χ3n) is 3.35. The minimum absolute atomic E-state index is 0.286. The maximum Gasteiger partial charge on any atom is 0.408 e. The Morgan fingerprint density at radius 1 is 1.27 bits per heavy atom. The quantitative estimate of drug-likeness (QED) is 0.755. The van der Waals surface area contributed by atoms with Crippen LogP contribution < -0.4 is 5.32 Å². The van der Waals surface area contributed by atoms with Crippen molar-refractivity contribution in [1.29, 1.82) is 0 Å². The second-order valence-corrected chi connectivity index (χ2v) is 7.59. The number of hydrogen-bond acceptors (Lipinski definition) is 4. The fraction of sp³-hybridized carbons (Fsp3) is 0.333. The van der Waals surface area contributed by atoms with Crippen molar-refractivity contribution >= 4 is 22.0 Å². The molecule has 0 saturated heterocycles. The summed E-state index contributed by atoms with van der Waals surface area (Å²) in [5.74, 6) is -1.50. The van der Waals surface area contributed by atoms with Crippen molar-refractivity contribution in [2.75, 3.05) is 0 Å². The number of aromatic nitrogens is 1. The van der Waals surface area contributed by atoms with Crippen molar-refractivity contribution in [3.8, 4) is 0 Å². The van der Waals surface area contributed by atoms with Crippen LogP contribution in [0.25, 0.3) is 0 Å². The Bertz CT molecular complexity index is 796. The number of amides is 1. The molecule has 0 bridgehead atoms. The Labute approximate surface area is 158 Å². The molecule has 26 heavy (non-hydrogen) atoms. The normalized spacial score (nSPS) is 13.8. The van der Waals surface area contributed by atoms with Crippen molar-refractivity contribution in [1.82, 2.24) is 10.3 Å². The summed E-state index contributed by atoms with van der Waals surface area (Å²) in [6.45, 7) is 5.06. The molecule has 2 rings (SSSR count). The van der Waals surface area contributed by atoms with Gasteiger partial charge in [-0.2, -0.15) is 0 Å². The minimum atomic E-state index is -1.56. The van der Waals surface area contributed by atoms with Crippen molar-refractivity contribution < 1.29 is 23.4 Å². The Hall–Kier alpha value is -2.06. The number of alkyl carbamates (subject to hydrolysis) is 1. The number of pyridine rings is 1. The Morgan fingerprint density at radius 2 is 1.96 bits per heavy atom. The van der Waals surface area contributed by atoms with Crippen LogP contribution in [0.2, 0.25) is 0 Å². The maximum atomic E-state index is 14.1. The summed E-state index contributed by atoms with van der Waals surface area (Å²) in [5.41, 5.74) is -0.661. The largest absolute Gasteiger partial charge is 0.444 e. The standard InChI is InChI=1S/C18H19BrF2N2O3/c1-18(2,3)26-17(25)23-15(10-6-11(19)9-22-8-10)16(24)13-7-12(20)4-5-14(13)21/h4-9,15-16,24H,1-3H3,(H,23,25)/t15-,16-/m1/s1. The molecule has 0 fully saturated rings. The number of nitrogens with zero attached hydrogens (tertiary/aromatic N) is 1. The predicted molar refractivity (Wildman–Crippen MR) is 95.4 cm³/mol. The predicted octanol–water partition coefficient (Wildman–Crippen LogP) is 4.42. The van der Waals surface area contributed by atoms with E-state index in [-0.39, 0.29) is 5.56 Å². The maximum absolute atomic E-state index is 14.1. The molecule has 0 aliphatic carbocycles. The van der Waals surface area contributed by atoms with Gasteiger partial charge in [0.1, 0.15) is 23.3 Å². The van der Waals surface area contributed by atoms with Gasteiger partial charge in [-0.05, 0) is 66.5 Å². The first kappa shape index (κ1) is 20.3. The van der Waals surface area contributed by atoms with Crippen LogP contribution in [-0.2, 0) is 4.74 Å². The van der Waals surface area contributed by atoms with Crippen LogP contribution in [0.4, 0.5) is 13.6 Å². The highest BCUT2D eigenvalue weighted by Gasteiger charge is 2.29. The van der Waals surface area contributed by atoms with E-state index in [0.717, 1.165) is 18.2 Å². The number of halogens is 3. The molecule has 0 saturated carbocycles. The summed E-state index contributed by atoms with van der Waals surface area (Å²) in [5, 5.41) is 13.2. The lowest BCUT2D eigenvalue weighted by Gasteiger charge is -2.27. The van der Waals surface area contributed by atoms with Crippen molar-refractivity contribution in [3.05, 3.63) is 63.9 Å². The molecule has 140 valence electrons. The number of hydrogen-bond donors (Lipinski definition) is 2. The SMILES string of the molecule is CC(C)(C)OC(=O)N[C@H](c1cncc(Br)c1)[C@H](O)c1cc(F)ccc1F. The van der Waals surface area contributed by atoms with Gasteiger partial charge in [-0.25, -0.2) is 13.6 Å². The summed E-state index contributed by atoms with van der Waals surface area (Å²) in [7, 11) is 0. The van der Waals surface area contributed by atoms with Gasteiger partial charge in [0.25, 0.3) is 0 Å². The first-order valence-corrected chi connectivity index (χ1v) is 8.59. The second-order valence-electron chi connectivity index (χ2n) is 6.67. The molecule has 2 aromatic rings. The zero-order chi connectivity index (χ0) is 19.5. The van der Waals surface area contributed by atoms with Crippen LogP contribution >= 0.6 is 15.9 Å². The fourth-order valence-electron chi connectivity index (χ4n) is 2.30. The topological polar surface area (TPSA) is 71.5 Å². The highest BCUT2D eigenvalue weighted by Crippen LogP contribution is 2.32. The molecule has 1 amide bonds. The minimum Gasteiger partial charge on any atom is -0.444 e. The van der Waals surface area contributed by atoms with Gasteiger partial charge in [-0.3, -0.25) is 4.98 Å². The molecule has 8 heteroatoms. The van der Waals surface area contributed by atoms with E-state index in [4.69, 9.17) is 4.74 Å². The third-order valence-corrected chi connectivity index (χ3v) is 3.78. The molecule has 1 aromatic heterocycles. The number of aliphatic hydroxyl groups is 1. The lowest BCUT2D eigenvalue weighted by molar-refractivity contribution is 0.0415. The van der Waals surface area contributed by atoms with E-state index in [1.807, 2.05) is 0 Å². The van der Waals surface area contributed by atoms with Gasteiger partial charge < -0.3 is 15.2 Å². The average molecular weight is 429 g/mol. The monoisotopic (exact) mass is 428 g/mol. The molecule has 0 radical (unpaired) electrons. The number of nitrogens with one attached hydrogen (secondary N) is 1. The summed E-state index contributed by atoms with van der Waals surface area (Å²) in [6, 6.07) is 3.25. The first-order chi connectivity index (χ1) is 12.1. The van der Waals surface area contributed by atoms with E-state index in [1.54, 1.807) is 26.8 Å². The summed E-state index contributed by atoms with van der Waals surface area (Å²) < 4.78 is 33.4. The molecule has 0 aliphatic heterocycles. The second kappa shape index (κ2) is 8.09. The van der Waals surface area contributed by atoms with Crippen LogP contribution in [0.3, 0.4) is 0 Å². The average Bonchev–Trinajstić information content (AvgIpc) is 2.52. The smallest absolute Gasteiger partial charge is 0.408 e. The molecule has 0 spiro atoms. The highest BCUT2D eigenvalue weighted by molar-refractivity contribution is 9.10. The number of carbonyl (C=O) groups excluding carboxylic acids is 1. The van der Waals surface area contributed by atoms with Gasteiger partial charge in [0.2, 0.25) is 0 Å². The fourth-order valence-corrected chi connectivity index (χ4v) is 2.68. The van der Waals surface area contributed by atoms with E-state index in [9.17, 15) is 18.7 Å². The first-order valence-electron chi connectivity index (χ1n) is 7.80. The third kappa shape index (κ3) is 5.47. The van der Waals surface area contributed by atoms with Gasteiger partial charge in [0.15, 0.2) is 0 Å². The molecule has 0 aliphatic rings. The van der Waals surface area contributed by atoms with Crippen LogP contribution in [0, 0.1) is 11.6 Å². The number of carbonyl (C=O) groups is 1. The molecule has 2 N–H and O–H groups in total. The van der Waals surface area contributed by atoms with Crippen molar-refractivity contribution in [2.45, 2.75) is 38.5 Å². The van der Waals surface area contributed by atoms with E-state index in [2.05, 4.69) is 26.2 Å². The lowest BCUT2D eigenvalue weighted by atomic mass is 9.96. The number of benzene rings is 1. The van der Waals surface area contributed by atoms with Crippen molar-refractivity contribution in [2.24, 2.45) is 0 Å². The van der Waals surface area contributed by atoms with Crippen LogP contribution in [0.15, 0.2) is 41.1 Å². The molecule has 5 nitrogen and oxygen atoms in total. The number of ether oxygens (including phenoxy) is 1. The summed E-state index contributed by atoms with van der Waals surface area (Å²) in [6.07, 6.45) is 0.559. The molecule has 1 heterocycles.